The Hall–Kier alpha value is -2.67. The normalized spacial score (nSPS) is 17.4. The highest BCUT2D eigenvalue weighted by Crippen LogP contribution is 2.26. The van der Waals surface area contributed by atoms with Crippen molar-refractivity contribution in [3.8, 4) is 0 Å². The Morgan fingerprint density at radius 3 is 3.08 bits per heavy atom. The quantitative estimate of drug-likeness (QED) is 0.737. The summed E-state index contributed by atoms with van der Waals surface area (Å²) in [4.78, 5) is 30.6. The average molecular weight is 371 g/mol. The highest BCUT2D eigenvalue weighted by molar-refractivity contribution is 6.31. The molecule has 1 aliphatic heterocycles. The van der Waals surface area contributed by atoms with Crippen molar-refractivity contribution < 1.29 is 4.79 Å². The van der Waals surface area contributed by atoms with E-state index in [1.165, 1.54) is 6.33 Å². The third kappa shape index (κ3) is 3.35. The van der Waals surface area contributed by atoms with E-state index in [0.717, 1.165) is 36.3 Å². The van der Waals surface area contributed by atoms with Gasteiger partial charge in [-0.1, -0.05) is 29.8 Å². The Balaban J connectivity index is 1.44. The number of anilines is 1. The van der Waals surface area contributed by atoms with E-state index in [4.69, 9.17) is 11.6 Å². The van der Waals surface area contributed by atoms with E-state index in [2.05, 4.69) is 30.2 Å². The molecule has 0 aliphatic carbocycles. The van der Waals surface area contributed by atoms with Crippen LogP contribution in [0.3, 0.4) is 0 Å². The maximum Gasteiger partial charge on any atom is 0.225 e. The van der Waals surface area contributed by atoms with E-state index < -0.39 is 0 Å². The molecule has 0 saturated carbocycles. The van der Waals surface area contributed by atoms with Gasteiger partial charge in [-0.25, -0.2) is 15.0 Å². The standard InChI is InChI=1S/C18H19ClN6O/c19-14-6-2-1-4-12(14)8-20-18(26)13-5-3-7-25(9-13)17-15-16(22-10-21-15)23-11-24-17/h1-2,4,6,10-11,13H,3,5,7-9H2,(H,20,26)(H,21,22,23,24)/t13-/m1/s1. The maximum atomic E-state index is 12.6. The van der Waals surface area contributed by atoms with Crippen LogP contribution in [-0.2, 0) is 11.3 Å². The number of nitrogens with one attached hydrogen (secondary N) is 2. The number of nitrogens with zero attached hydrogens (tertiary/aromatic N) is 4. The fourth-order valence-corrected chi connectivity index (χ4v) is 3.55. The van der Waals surface area contributed by atoms with Crippen LogP contribution in [0.1, 0.15) is 18.4 Å². The minimum Gasteiger partial charge on any atom is -0.354 e. The van der Waals surface area contributed by atoms with Crippen molar-refractivity contribution >= 4 is 34.5 Å². The fraction of sp³-hybridized carbons (Fsp3) is 0.333. The predicted octanol–water partition coefficient (Wildman–Crippen LogP) is 2.54. The molecule has 134 valence electrons. The number of rotatable bonds is 4. The summed E-state index contributed by atoms with van der Waals surface area (Å²) < 4.78 is 0. The second-order valence-electron chi connectivity index (χ2n) is 6.39. The van der Waals surface area contributed by atoms with E-state index in [-0.39, 0.29) is 11.8 Å². The van der Waals surface area contributed by atoms with Gasteiger partial charge in [0.2, 0.25) is 5.91 Å². The summed E-state index contributed by atoms with van der Waals surface area (Å²) >= 11 is 6.16. The van der Waals surface area contributed by atoms with E-state index >= 15 is 0 Å². The summed E-state index contributed by atoms with van der Waals surface area (Å²) in [5, 5.41) is 3.68. The van der Waals surface area contributed by atoms with Crippen molar-refractivity contribution in [1.82, 2.24) is 25.3 Å². The second-order valence-corrected chi connectivity index (χ2v) is 6.80. The summed E-state index contributed by atoms with van der Waals surface area (Å²) in [5.41, 5.74) is 2.37. The van der Waals surface area contributed by atoms with Gasteiger partial charge in [-0.2, -0.15) is 0 Å². The molecule has 1 saturated heterocycles. The van der Waals surface area contributed by atoms with Gasteiger partial charge < -0.3 is 15.2 Å². The summed E-state index contributed by atoms with van der Waals surface area (Å²) in [6.07, 6.45) is 4.92. The third-order valence-electron chi connectivity index (χ3n) is 4.71. The van der Waals surface area contributed by atoms with E-state index in [9.17, 15) is 4.79 Å². The van der Waals surface area contributed by atoms with Gasteiger partial charge >= 0.3 is 0 Å². The zero-order chi connectivity index (χ0) is 17.9. The molecular weight excluding hydrogens is 352 g/mol. The number of amides is 1. The number of carbonyl (C=O) groups is 1. The minimum absolute atomic E-state index is 0.0459. The summed E-state index contributed by atoms with van der Waals surface area (Å²) in [7, 11) is 0. The molecule has 8 heteroatoms. The van der Waals surface area contributed by atoms with Gasteiger partial charge in [0.1, 0.15) is 11.8 Å². The van der Waals surface area contributed by atoms with Crippen molar-refractivity contribution in [3.05, 3.63) is 47.5 Å². The molecule has 0 unspecified atom stereocenters. The van der Waals surface area contributed by atoms with Gasteiger partial charge in [-0.3, -0.25) is 4.79 Å². The summed E-state index contributed by atoms with van der Waals surface area (Å²) in [5.74, 6) is 0.764. The Morgan fingerprint density at radius 1 is 1.31 bits per heavy atom. The van der Waals surface area contributed by atoms with Gasteiger partial charge in [0.25, 0.3) is 0 Å². The molecule has 3 heterocycles. The smallest absolute Gasteiger partial charge is 0.225 e. The van der Waals surface area contributed by atoms with Crippen LogP contribution in [0.4, 0.5) is 5.82 Å². The van der Waals surface area contributed by atoms with Crippen LogP contribution in [0, 0.1) is 5.92 Å². The van der Waals surface area contributed by atoms with Crippen molar-refractivity contribution in [2.45, 2.75) is 19.4 Å². The molecular formula is C18H19ClN6O. The van der Waals surface area contributed by atoms with E-state index in [1.807, 2.05) is 24.3 Å². The number of benzene rings is 1. The van der Waals surface area contributed by atoms with Crippen molar-refractivity contribution in [3.63, 3.8) is 0 Å². The molecule has 2 N–H and O–H groups in total. The van der Waals surface area contributed by atoms with Gasteiger partial charge in [0.15, 0.2) is 11.5 Å². The number of H-pyrrole nitrogens is 1. The number of aromatic amines is 1. The minimum atomic E-state index is -0.0841. The number of carbonyl (C=O) groups excluding carboxylic acids is 1. The van der Waals surface area contributed by atoms with Crippen LogP contribution in [0.5, 0.6) is 0 Å². The second kappa shape index (κ2) is 7.29. The maximum absolute atomic E-state index is 12.6. The first-order chi connectivity index (χ1) is 12.7. The summed E-state index contributed by atoms with van der Waals surface area (Å²) in [6, 6.07) is 7.55. The Kier molecular flexibility index (Phi) is 4.71. The largest absolute Gasteiger partial charge is 0.354 e. The molecule has 0 spiro atoms. The number of hydrogen-bond acceptors (Lipinski definition) is 5. The molecule has 1 atom stereocenters. The molecule has 4 rings (SSSR count). The third-order valence-corrected chi connectivity index (χ3v) is 5.07. The fourth-order valence-electron chi connectivity index (χ4n) is 3.34. The first kappa shape index (κ1) is 16.8. The zero-order valence-electron chi connectivity index (χ0n) is 14.2. The number of fused-ring (bicyclic) bond motifs is 1. The molecule has 1 fully saturated rings. The molecule has 2 aromatic heterocycles. The summed E-state index contributed by atoms with van der Waals surface area (Å²) in [6.45, 7) is 1.92. The number of piperidine rings is 1. The predicted molar refractivity (Wildman–Crippen MR) is 99.9 cm³/mol. The van der Waals surface area contributed by atoms with Crippen LogP contribution in [0.15, 0.2) is 36.9 Å². The Morgan fingerprint density at radius 2 is 2.19 bits per heavy atom. The average Bonchev–Trinajstić information content (AvgIpc) is 3.16. The number of halogens is 1. The lowest BCUT2D eigenvalue weighted by Gasteiger charge is -2.32. The highest BCUT2D eigenvalue weighted by atomic mass is 35.5. The van der Waals surface area contributed by atoms with Gasteiger partial charge in [-0.15, -0.1) is 0 Å². The van der Waals surface area contributed by atoms with Gasteiger partial charge in [-0.05, 0) is 24.5 Å². The van der Waals surface area contributed by atoms with Crippen molar-refractivity contribution in [2.24, 2.45) is 5.92 Å². The zero-order valence-corrected chi connectivity index (χ0v) is 14.9. The molecule has 7 nitrogen and oxygen atoms in total. The highest BCUT2D eigenvalue weighted by Gasteiger charge is 2.27. The SMILES string of the molecule is O=C(NCc1ccccc1Cl)[C@@H]1CCCN(c2ncnc3nc[nH]c23)C1. The number of hydrogen-bond donors (Lipinski definition) is 2. The lowest BCUT2D eigenvalue weighted by Crippen LogP contribution is -2.43. The molecule has 0 bridgehead atoms. The van der Waals surface area contributed by atoms with Crippen molar-refractivity contribution in [2.75, 3.05) is 18.0 Å². The molecule has 1 aromatic carbocycles. The van der Waals surface area contributed by atoms with Gasteiger partial charge in [0.05, 0.1) is 12.2 Å². The van der Waals surface area contributed by atoms with Crippen LogP contribution in [-0.4, -0.2) is 38.9 Å². The monoisotopic (exact) mass is 370 g/mol. The lowest BCUT2D eigenvalue weighted by molar-refractivity contribution is -0.125. The van der Waals surface area contributed by atoms with E-state index in [1.54, 1.807) is 6.33 Å². The first-order valence-corrected chi connectivity index (χ1v) is 9.00. The van der Waals surface area contributed by atoms with Crippen LogP contribution in [0.2, 0.25) is 5.02 Å². The lowest BCUT2D eigenvalue weighted by atomic mass is 9.97. The molecule has 1 amide bonds. The molecule has 1 aliphatic rings. The van der Waals surface area contributed by atoms with Crippen molar-refractivity contribution in [1.29, 1.82) is 0 Å². The Labute approximate surface area is 155 Å². The van der Waals surface area contributed by atoms with Crippen LogP contribution < -0.4 is 10.2 Å². The topological polar surface area (TPSA) is 86.8 Å². The Bertz CT molecular complexity index is 927. The van der Waals surface area contributed by atoms with Crippen LogP contribution >= 0.6 is 11.6 Å². The molecule has 3 aromatic rings. The number of aromatic nitrogens is 4. The number of imidazole rings is 1. The van der Waals surface area contributed by atoms with Crippen LogP contribution in [0.25, 0.3) is 11.2 Å². The molecule has 0 radical (unpaired) electrons. The van der Waals surface area contributed by atoms with Gasteiger partial charge in [0, 0.05) is 24.7 Å². The molecule has 26 heavy (non-hydrogen) atoms. The van der Waals surface area contributed by atoms with E-state index in [0.29, 0.717) is 23.8 Å². The first-order valence-electron chi connectivity index (χ1n) is 8.62.